The summed E-state index contributed by atoms with van der Waals surface area (Å²) in [5, 5.41) is 10.4. The van der Waals surface area contributed by atoms with Gasteiger partial charge in [-0.2, -0.15) is 5.26 Å². The van der Waals surface area contributed by atoms with Gasteiger partial charge in [0.2, 0.25) is 0 Å². The minimum Gasteiger partial charge on any atom is -0.497 e. The maximum absolute atomic E-state index is 12.2. The largest absolute Gasteiger partial charge is 0.497 e. The standard InChI is InChI=1S/C17H19N3O2S/c1-10(2)23-17-19-15(11(3)16(21)20-17)14(9-18)12-5-7-13(22-4)8-6-12/h5-8,10,14H,1-4H3,(H,19,20,21). The van der Waals surface area contributed by atoms with Crippen LogP contribution in [-0.2, 0) is 0 Å². The number of nitriles is 1. The zero-order chi connectivity index (χ0) is 17.0. The van der Waals surface area contributed by atoms with Crippen LogP contribution in [0.4, 0.5) is 0 Å². The van der Waals surface area contributed by atoms with E-state index in [1.54, 1.807) is 26.2 Å². The van der Waals surface area contributed by atoms with E-state index in [0.717, 1.165) is 11.3 Å². The number of ether oxygens (including phenoxy) is 1. The lowest BCUT2D eigenvalue weighted by atomic mass is 9.94. The lowest BCUT2D eigenvalue weighted by Crippen LogP contribution is -2.18. The summed E-state index contributed by atoms with van der Waals surface area (Å²) in [6.45, 7) is 5.74. The molecule has 5 nitrogen and oxygen atoms in total. The third-order valence-corrected chi connectivity index (χ3v) is 4.25. The van der Waals surface area contributed by atoms with Crippen LogP contribution in [0.5, 0.6) is 5.75 Å². The SMILES string of the molecule is COc1ccc(C(C#N)c2nc(SC(C)C)[nH]c(=O)c2C)cc1. The fourth-order valence-electron chi connectivity index (χ4n) is 2.18. The van der Waals surface area contributed by atoms with Crippen LogP contribution in [0.1, 0.15) is 36.6 Å². The summed E-state index contributed by atoms with van der Waals surface area (Å²) in [5.41, 5.74) is 1.56. The van der Waals surface area contributed by atoms with Crippen LogP contribution in [0.2, 0.25) is 0 Å². The van der Waals surface area contributed by atoms with E-state index in [1.807, 2.05) is 26.0 Å². The number of hydrogen-bond donors (Lipinski definition) is 1. The molecular formula is C17H19N3O2S. The minimum atomic E-state index is -0.588. The number of methoxy groups -OCH3 is 1. The van der Waals surface area contributed by atoms with Gasteiger partial charge >= 0.3 is 0 Å². The van der Waals surface area contributed by atoms with Crippen molar-refractivity contribution in [2.24, 2.45) is 0 Å². The summed E-state index contributed by atoms with van der Waals surface area (Å²) in [4.78, 5) is 19.4. The average molecular weight is 329 g/mol. The molecule has 1 heterocycles. The van der Waals surface area contributed by atoms with Gasteiger partial charge in [0.25, 0.3) is 5.56 Å². The number of nitrogens with zero attached hydrogens (tertiary/aromatic N) is 2. The summed E-state index contributed by atoms with van der Waals surface area (Å²) in [6, 6.07) is 9.50. The highest BCUT2D eigenvalue weighted by Crippen LogP contribution is 2.27. The molecule has 1 aromatic heterocycles. The molecular weight excluding hydrogens is 310 g/mol. The van der Waals surface area contributed by atoms with E-state index in [1.165, 1.54) is 11.8 Å². The number of benzene rings is 1. The molecule has 120 valence electrons. The molecule has 23 heavy (non-hydrogen) atoms. The molecule has 1 atom stereocenters. The molecule has 6 heteroatoms. The Morgan fingerprint density at radius 1 is 1.30 bits per heavy atom. The van der Waals surface area contributed by atoms with Crippen LogP contribution in [0.3, 0.4) is 0 Å². The highest BCUT2D eigenvalue weighted by Gasteiger charge is 2.20. The van der Waals surface area contributed by atoms with Gasteiger partial charge in [0.15, 0.2) is 5.16 Å². The summed E-state index contributed by atoms with van der Waals surface area (Å²) in [5.74, 6) is 0.131. The van der Waals surface area contributed by atoms with Gasteiger partial charge < -0.3 is 9.72 Å². The maximum atomic E-state index is 12.2. The third-order valence-electron chi connectivity index (χ3n) is 3.37. The number of rotatable bonds is 5. The molecule has 1 N–H and O–H groups in total. The molecule has 0 saturated heterocycles. The van der Waals surface area contributed by atoms with E-state index in [-0.39, 0.29) is 10.8 Å². The number of nitrogens with one attached hydrogen (secondary N) is 1. The second-order valence-electron chi connectivity index (χ2n) is 5.38. The zero-order valence-electron chi connectivity index (χ0n) is 13.6. The van der Waals surface area contributed by atoms with E-state index in [4.69, 9.17) is 4.74 Å². The van der Waals surface area contributed by atoms with Crippen molar-refractivity contribution in [3.8, 4) is 11.8 Å². The number of hydrogen-bond acceptors (Lipinski definition) is 5. The van der Waals surface area contributed by atoms with E-state index < -0.39 is 5.92 Å². The molecule has 0 amide bonds. The monoisotopic (exact) mass is 329 g/mol. The van der Waals surface area contributed by atoms with Crippen LogP contribution in [0, 0.1) is 18.3 Å². The van der Waals surface area contributed by atoms with Crippen LogP contribution < -0.4 is 10.3 Å². The van der Waals surface area contributed by atoms with Crippen LogP contribution in [-0.4, -0.2) is 22.3 Å². The lowest BCUT2D eigenvalue weighted by molar-refractivity contribution is 0.414. The van der Waals surface area contributed by atoms with Gasteiger partial charge in [-0.25, -0.2) is 4.98 Å². The summed E-state index contributed by atoms with van der Waals surface area (Å²) in [7, 11) is 1.59. The molecule has 0 aliphatic carbocycles. The van der Waals surface area contributed by atoms with E-state index in [2.05, 4.69) is 16.0 Å². The maximum Gasteiger partial charge on any atom is 0.254 e. The number of H-pyrrole nitrogens is 1. The Kier molecular flexibility index (Phi) is 5.45. The average Bonchev–Trinajstić information content (AvgIpc) is 2.52. The van der Waals surface area contributed by atoms with Gasteiger partial charge in [-0.15, -0.1) is 0 Å². The number of aromatic nitrogens is 2. The smallest absolute Gasteiger partial charge is 0.254 e. The van der Waals surface area contributed by atoms with Gasteiger partial charge in [-0.3, -0.25) is 4.79 Å². The molecule has 0 saturated carbocycles. The lowest BCUT2D eigenvalue weighted by Gasteiger charge is -2.14. The van der Waals surface area contributed by atoms with Crippen LogP contribution >= 0.6 is 11.8 Å². The highest BCUT2D eigenvalue weighted by molar-refractivity contribution is 7.99. The van der Waals surface area contributed by atoms with Crippen LogP contribution in [0.15, 0.2) is 34.2 Å². The van der Waals surface area contributed by atoms with E-state index >= 15 is 0 Å². The third kappa shape index (κ3) is 3.93. The molecule has 0 aliphatic rings. The first kappa shape index (κ1) is 17.1. The van der Waals surface area contributed by atoms with Crippen molar-refractivity contribution in [1.82, 2.24) is 9.97 Å². The molecule has 0 radical (unpaired) electrons. The van der Waals surface area contributed by atoms with E-state index in [0.29, 0.717) is 16.4 Å². The second-order valence-corrected chi connectivity index (χ2v) is 6.95. The molecule has 1 aromatic carbocycles. The van der Waals surface area contributed by atoms with Gasteiger partial charge in [-0.05, 0) is 24.6 Å². The van der Waals surface area contributed by atoms with Gasteiger partial charge in [0.05, 0.1) is 18.9 Å². The Balaban J connectivity index is 2.50. The fraction of sp³-hybridized carbons (Fsp3) is 0.353. The molecule has 1 unspecified atom stereocenters. The quantitative estimate of drug-likeness (QED) is 0.673. The Morgan fingerprint density at radius 3 is 2.48 bits per heavy atom. The molecule has 0 fully saturated rings. The van der Waals surface area contributed by atoms with Crippen LogP contribution in [0.25, 0.3) is 0 Å². The summed E-state index contributed by atoms with van der Waals surface area (Å²) < 4.78 is 5.14. The Labute approximate surface area is 139 Å². The minimum absolute atomic E-state index is 0.202. The molecule has 2 aromatic rings. The van der Waals surface area contributed by atoms with E-state index in [9.17, 15) is 10.1 Å². The van der Waals surface area contributed by atoms with Crippen molar-refractivity contribution in [1.29, 1.82) is 5.26 Å². The Morgan fingerprint density at radius 2 is 1.96 bits per heavy atom. The predicted molar refractivity (Wildman–Crippen MR) is 91.0 cm³/mol. The van der Waals surface area contributed by atoms with Crippen molar-refractivity contribution < 1.29 is 4.74 Å². The van der Waals surface area contributed by atoms with Crippen molar-refractivity contribution >= 4 is 11.8 Å². The summed E-state index contributed by atoms with van der Waals surface area (Å²) in [6.07, 6.45) is 0. The summed E-state index contributed by atoms with van der Waals surface area (Å²) >= 11 is 1.47. The van der Waals surface area contributed by atoms with Crippen molar-refractivity contribution in [3.63, 3.8) is 0 Å². The highest BCUT2D eigenvalue weighted by atomic mass is 32.2. The number of aromatic amines is 1. The predicted octanol–water partition coefficient (Wildman–Crippen LogP) is 3.24. The first-order valence-corrected chi connectivity index (χ1v) is 8.15. The van der Waals surface area contributed by atoms with Crippen molar-refractivity contribution in [3.05, 3.63) is 51.4 Å². The Bertz CT molecular complexity index is 776. The first-order valence-electron chi connectivity index (χ1n) is 7.27. The fourth-order valence-corrected chi connectivity index (χ4v) is 2.93. The van der Waals surface area contributed by atoms with Gasteiger partial charge in [0, 0.05) is 10.8 Å². The normalized spacial score (nSPS) is 12.0. The topological polar surface area (TPSA) is 78.8 Å². The molecule has 0 aliphatic heterocycles. The first-order chi connectivity index (χ1) is 11.0. The number of thioether (sulfide) groups is 1. The molecule has 0 bridgehead atoms. The van der Waals surface area contributed by atoms with Crippen molar-refractivity contribution in [2.45, 2.75) is 37.1 Å². The second kappa shape index (κ2) is 7.34. The molecule has 0 spiro atoms. The van der Waals surface area contributed by atoms with Gasteiger partial charge in [0.1, 0.15) is 11.7 Å². The zero-order valence-corrected chi connectivity index (χ0v) is 14.4. The van der Waals surface area contributed by atoms with Crippen molar-refractivity contribution in [2.75, 3.05) is 7.11 Å². The van der Waals surface area contributed by atoms with Gasteiger partial charge in [-0.1, -0.05) is 37.7 Å². The Hall–Kier alpha value is -2.26. The molecule has 2 rings (SSSR count).